The number of hydrogen-bond donors (Lipinski definition) is 0. The first-order valence-electron chi connectivity index (χ1n) is 13.7. The predicted octanol–water partition coefficient (Wildman–Crippen LogP) is 6.61. The number of benzene rings is 3. The van der Waals surface area contributed by atoms with E-state index in [1.807, 2.05) is 0 Å². The number of piperidine rings is 1. The number of fused-ring (bicyclic) bond motifs is 1. The molecule has 1 aliphatic heterocycles. The van der Waals surface area contributed by atoms with E-state index in [1.54, 1.807) is 14.2 Å². The second-order valence-electron chi connectivity index (χ2n) is 10.3. The van der Waals surface area contributed by atoms with Crippen molar-refractivity contribution in [1.82, 2.24) is 4.90 Å². The lowest BCUT2D eigenvalue weighted by atomic mass is 9.79. The summed E-state index contributed by atoms with van der Waals surface area (Å²) in [7, 11) is 5.62. The van der Waals surface area contributed by atoms with Gasteiger partial charge in [0.05, 0.1) is 14.2 Å². The third-order valence-corrected chi connectivity index (χ3v) is 8.03. The molecule has 0 spiro atoms. The van der Waals surface area contributed by atoms with Crippen molar-refractivity contribution in [2.24, 2.45) is 0 Å². The van der Waals surface area contributed by atoms with Gasteiger partial charge in [0.25, 0.3) is 0 Å². The molecule has 2 aliphatic rings. The molecule has 3 aromatic carbocycles. The molecule has 5 rings (SSSR count). The van der Waals surface area contributed by atoms with Crippen LogP contribution in [0.4, 0.5) is 11.4 Å². The lowest BCUT2D eigenvalue weighted by molar-refractivity contribution is 0.183. The maximum atomic E-state index is 6.07. The van der Waals surface area contributed by atoms with E-state index in [0.717, 1.165) is 55.4 Å². The Bertz CT molecular complexity index is 1170. The van der Waals surface area contributed by atoms with Crippen molar-refractivity contribution in [3.05, 3.63) is 77.4 Å². The molecule has 5 heteroatoms. The zero-order chi connectivity index (χ0) is 25.6. The van der Waals surface area contributed by atoms with E-state index in [-0.39, 0.29) is 0 Å². The minimum absolute atomic E-state index is 0.460. The molecule has 1 unspecified atom stereocenters. The summed E-state index contributed by atoms with van der Waals surface area (Å²) in [6.45, 7) is 4.16. The SMILES string of the molecule is COc1ccc2c(c1)CCC(c1ccc(OC)cc1N(C)c1ccc(OCCN3CCCCC3)cc1)C2. The van der Waals surface area contributed by atoms with Gasteiger partial charge in [0.15, 0.2) is 0 Å². The van der Waals surface area contributed by atoms with Crippen molar-refractivity contribution in [3.8, 4) is 17.2 Å². The summed E-state index contributed by atoms with van der Waals surface area (Å²) >= 11 is 0. The van der Waals surface area contributed by atoms with Crippen LogP contribution < -0.4 is 19.1 Å². The average Bonchev–Trinajstić information content (AvgIpc) is 2.97. The summed E-state index contributed by atoms with van der Waals surface area (Å²) in [6.07, 6.45) is 7.22. The van der Waals surface area contributed by atoms with Crippen LogP contribution in [0.2, 0.25) is 0 Å². The number of likely N-dealkylation sites (tertiary alicyclic amines) is 1. The second-order valence-corrected chi connectivity index (χ2v) is 10.3. The monoisotopic (exact) mass is 500 g/mol. The number of hydrogen-bond acceptors (Lipinski definition) is 5. The molecule has 1 heterocycles. The Kier molecular flexibility index (Phi) is 8.20. The van der Waals surface area contributed by atoms with Crippen LogP contribution in [-0.4, -0.2) is 52.4 Å². The number of methoxy groups -OCH3 is 2. The maximum absolute atomic E-state index is 6.07. The first-order valence-corrected chi connectivity index (χ1v) is 13.7. The van der Waals surface area contributed by atoms with Gasteiger partial charge in [-0.1, -0.05) is 18.6 Å². The molecular formula is C32H40N2O3. The molecule has 37 heavy (non-hydrogen) atoms. The summed E-state index contributed by atoms with van der Waals surface area (Å²) in [6, 6.07) is 21.5. The zero-order valence-corrected chi connectivity index (χ0v) is 22.5. The summed E-state index contributed by atoms with van der Waals surface area (Å²) in [5, 5.41) is 0. The van der Waals surface area contributed by atoms with E-state index >= 15 is 0 Å². The van der Waals surface area contributed by atoms with Gasteiger partial charge in [0.1, 0.15) is 23.9 Å². The molecule has 196 valence electrons. The summed E-state index contributed by atoms with van der Waals surface area (Å²) < 4.78 is 17.1. The minimum Gasteiger partial charge on any atom is -0.497 e. The highest BCUT2D eigenvalue weighted by Gasteiger charge is 2.24. The fourth-order valence-corrected chi connectivity index (χ4v) is 5.79. The Hall–Kier alpha value is -3.18. The summed E-state index contributed by atoms with van der Waals surface area (Å²) in [5.41, 5.74) is 6.54. The van der Waals surface area contributed by atoms with Crippen LogP contribution in [0.1, 0.15) is 48.3 Å². The molecule has 1 saturated heterocycles. The first kappa shape index (κ1) is 25.5. The lowest BCUT2D eigenvalue weighted by Gasteiger charge is -2.30. The fourth-order valence-electron chi connectivity index (χ4n) is 5.79. The molecule has 0 aromatic heterocycles. The van der Waals surface area contributed by atoms with Gasteiger partial charge in [0, 0.05) is 31.0 Å². The van der Waals surface area contributed by atoms with Gasteiger partial charge in [0.2, 0.25) is 0 Å². The Labute approximate surface area is 222 Å². The third-order valence-electron chi connectivity index (χ3n) is 8.03. The Morgan fingerprint density at radius 3 is 2.27 bits per heavy atom. The van der Waals surface area contributed by atoms with Crippen molar-refractivity contribution >= 4 is 11.4 Å². The van der Waals surface area contributed by atoms with Crippen LogP contribution in [0.3, 0.4) is 0 Å². The molecule has 0 bridgehead atoms. The van der Waals surface area contributed by atoms with Gasteiger partial charge < -0.3 is 19.1 Å². The quantitative estimate of drug-likeness (QED) is 0.330. The van der Waals surface area contributed by atoms with Gasteiger partial charge >= 0.3 is 0 Å². The number of rotatable bonds is 9. The number of ether oxygens (including phenoxy) is 3. The average molecular weight is 501 g/mol. The van der Waals surface area contributed by atoms with Crippen LogP contribution in [-0.2, 0) is 12.8 Å². The number of aryl methyl sites for hydroxylation is 1. The van der Waals surface area contributed by atoms with Crippen molar-refractivity contribution in [3.63, 3.8) is 0 Å². The smallest absolute Gasteiger partial charge is 0.120 e. The standard InChI is InChI=1S/C32H40N2O3/c1-33(27-10-13-28(14-11-27)37-20-19-34-17-5-4-6-18-34)32-23-30(36-3)15-16-31(32)26-8-7-25-22-29(35-2)12-9-24(25)21-26/h9-16,22-23,26H,4-8,17-21H2,1-3H3. The second kappa shape index (κ2) is 11.9. The Morgan fingerprint density at radius 2 is 1.51 bits per heavy atom. The molecule has 1 atom stereocenters. The highest BCUT2D eigenvalue weighted by atomic mass is 16.5. The van der Waals surface area contributed by atoms with E-state index in [2.05, 4.69) is 77.5 Å². The molecule has 0 saturated carbocycles. The molecule has 1 fully saturated rings. The highest BCUT2D eigenvalue weighted by molar-refractivity contribution is 5.69. The first-order chi connectivity index (χ1) is 18.1. The fraction of sp³-hybridized carbons (Fsp3) is 0.438. The van der Waals surface area contributed by atoms with Crippen LogP contribution in [0, 0.1) is 0 Å². The molecule has 1 aliphatic carbocycles. The third kappa shape index (κ3) is 6.04. The lowest BCUT2D eigenvalue weighted by Crippen LogP contribution is -2.33. The maximum Gasteiger partial charge on any atom is 0.120 e. The van der Waals surface area contributed by atoms with Gasteiger partial charge in [-0.15, -0.1) is 0 Å². The molecule has 0 N–H and O–H groups in total. The van der Waals surface area contributed by atoms with E-state index < -0.39 is 0 Å². The van der Waals surface area contributed by atoms with Gasteiger partial charge in [-0.05, 0) is 110 Å². The Balaban J connectivity index is 1.30. The highest BCUT2D eigenvalue weighted by Crippen LogP contribution is 2.41. The zero-order valence-electron chi connectivity index (χ0n) is 22.5. The van der Waals surface area contributed by atoms with Gasteiger partial charge in [-0.2, -0.15) is 0 Å². The number of anilines is 2. The topological polar surface area (TPSA) is 34.2 Å². The van der Waals surface area contributed by atoms with Crippen molar-refractivity contribution in [2.45, 2.75) is 44.4 Å². The normalized spacial score (nSPS) is 17.6. The predicted molar refractivity (Wildman–Crippen MR) is 151 cm³/mol. The van der Waals surface area contributed by atoms with Crippen LogP contribution in [0.25, 0.3) is 0 Å². The van der Waals surface area contributed by atoms with Crippen LogP contribution in [0.15, 0.2) is 60.7 Å². The van der Waals surface area contributed by atoms with Crippen molar-refractivity contribution in [1.29, 1.82) is 0 Å². The summed E-state index contributed by atoms with van der Waals surface area (Å²) in [4.78, 5) is 4.79. The molecule has 0 amide bonds. The largest absolute Gasteiger partial charge is 0.497 e. The van der Waals surface area contributed by atoms with Gasteiger partial charge in [-0.3, -0.25) is 4.90 Å². The van der Waals surface area contributed by atoms with E-state index in [0.29, 0.717) is 5.92 Å². The number of nitrogens with zero attached hydrogens (tertiary/aromatic N) is 2. The molecule has 3 aromatic rings. The van der Waals surface area contributed by atoms with Gasteiger partial charge in [-0.25, -0.2) is 0 Å². The Morgan fingerprint density at radius 1 is 0.811 bits per heavy atom. The molecular weight excluding hydrogens is 460 g/mol. The van der Waals surface area contributed by atoms with Crippen molar-refractivity contribution < 1.29 is 14.2 Å². The van der Waals surface area contributed by atoms with E-state index in [9.17, 15) is 0 Å². The van der Waals surface area contributed by atoms with E-state index in [1.165, 1.54) is 54.7 Å². The molecule has 0 radical (unpaired) electrons. The van der Waals surface area contributed by atoms with Crippen LogP contribution in [0.5, 0.6) is 17.2 Å². The minimum atomic E-state index is 0.460. The van der Waals surface area contributed by atoms with Crippen LogP contribution >= 0.6 is 0 Å². The van der Waals surface area contributed by atoms with Crippen molar-refractivity contribution in [2.75, 3.05) is 52.4 Å². The van der Waals surface area contributed by atoms with E-state index in [4.69, 9.17) is 14.2 Å². The summed E-state index contributed by atoms with van der Waals surface area (Å²) in [5.74, 6) is 3.21. The molecule has 5 nitrogen and oxygen atoms in total.